The van der Waals surface area contributed by atoms with Gasteiger partial charge in [-0.1, -0.05) is 0 Å². The van der Waals surface area contributed by atoms with Crippen LogP contribution in [0.2, 0.25) is 0 Å². The molecule has 3 nitrogen and oxygen atoms in total. The molecule has 0 bridgehead atoms. The molecule has 0 aromatic heterocycles. The second-order valence-electron chi connectivity index (χ2n) is 1.14. The first-order valence-corrected chi connectivity index (χ1v) is 2.20. The van der Waals surface area contributed by atoms with Crippen molar-refractivity contribution in [3.05, 3.63) is 12.2 Å². The largest absolute Gasteiger partial charge is 0.356 e. The van der Waals surface area contributed by atoms with Gasteiger partial charge in [-0.25, -0.2) is 0 Å². The molecule has 0 aliphatic carbocycles. The number of nitrogens with one attached hydrogen (secondary N) is 2. The number of allylic oxidation sites excluding steroid dienone is 1. The van der Waals surface area contributed by atoms with Crippen molar-refractivity contribution >= 4 is 12.1 Å². The van der Waals surface area contributed by atoms with Gasteiger partial charge >= 0.3 is 0 Å². The molecule has 0 aromatic carbocycles. The number of hydrogen-bond donors (Lipinski definition) is 2. The van der Waals surface area contributed by atoms with Crippen LogP contribution in [0.3, 0.4) is 0 Å². The molecule has 0 saturated carbocycles. The topological polar surface area (TPSA) is 53.0 Å². The first-order chi connectivity index (χ1) is 3.81. The van der Waals surface area contributed by atoms with E-state index in [-0.39, 0.29) is 5.91 Å². The zero-order valence-corrected chi connectivity index (χ0v) is 4.64. The Morgan fingerprint density at radius 1 is 1.75 bits per heavy atom. The van der Waals surface area contributed by atoms with E-state index < -0.39 is 0 Å². The van der Waals surface area contributed by atoms with Crippen molar-refractivity contribution in [2.24, 2.45) is 0 Å². The molecule has 1 amide bonds. The van der Waals surface area contributed by atoms with E-state index in [9.17, 15) is 4.79 Å². The minimum absolute atomic E-state index is 0.187. The van der Waals surface area contributed by atoms with Gasteiger partial charge in [-0.05, 0) is 6.08 Å². The SMILES string of the molecule is CNC(=O)/C=C\C=N. The standard InChI is InChI=1S/C5H8N2O/c1-7-5(8)3-2-4-6/h2-4,6H,1H3,(H,7,8)/b3-2-,6-4?. The van der Waals surface area contributed by atoms with E-state index in [2.05, 4.69) is 5.32 Å². The highest BCUT2D eigenvalue weighted by Crippen LogP contribution is 1.65. The van der Waals surface area contributed by atoms with E-state index in [0.29, 0.717) is 0 Å². The number of carbonyl (C=O) groups excluding carboxylic acids is 1. The summed E-state index contributed by atoms with van der Waals surface area (Å²) in [6.45, 7) is 0. The van der Waals surface area contributed by atoms with Crippen LogP contribution in [0, 0.1) is 5.41 Å². The van der Waals surface area contributed by atoms with Crippen LogP contribution in [-0.2, 0) is 4.79 Å². The van der Waals surface area contributed by atoms with E-state index in [0.717, 1.165) is 6.21 Å². The quantitative estimate of drug-likeness (QED) is 0.381. The molecule has 0 saturated heterocycles. The van der Waals surface area contributed by atoms with Gasteiger partial charge in [0.1, 0.15) is 0 Å². The third-order valence-corrected chi connectivity index (χ3v) is 0.590. The molecule has 2 N–H and O–H groups in total. The summed E-state index contributed by atoms with van der Waals surface area (Å²) in [7, 11) is 1.54. The van der Waals surface area contributed by atoms with Crippen molar-refractivity contribution in [3.63, 3.8) is 0 Å². The van der Waals surface area contributed by atoms with Gasteiger partial charge in [0.05, 0.1) is 0 Å². The predicted octanol–water partition coefficient (Wildman–Crippen LogP) is -0.0618. The maximum Gasteiger partial charge on any atom is 0.243 e. The lowest BCUT2D eigenvalue weighted by atomic mass is 10.5. The highest BCUT2D eigenvalue weighted by Gasteiger charge is 1.82. The van der Waals surface area contributed by atoms with E-state index in [1.807, 2.05) is 0 Å². The zero-order chi connectivity index (χ0) is 6.41. The van der Waals surface area contributed by atoms with E-state index in [4.69, 9.17) is 5.41 Å². The third-order valence-electron chi connectivity index (χ3n) is 0.590. The predicted molar refractivity (Wildman–Crippen MR) is 32.0 cm³/mol. The normalized spacial score (nSPS) is 9.12. The Morgan fingerprint density at radius 3 is 2.75 bits per heavy atom. The molecule has 0 atom stereocenters. The molecule has 0 rings (SSSR count). The van der Waals surface area contributed by atoms with Crippen molar-refractivity contribution < 1.29 is 4.79 Å². The smallest absolute Gasteiger partial charge is 0.243 e. The molecule has 0 aliphatic rings. The summed E-state index contributed by atoms with van der Waals surface area (Å²) in [5.74, 6) is -0.187. The lowest BCUT2D eigenvalue weighted by molar-refractivity contribution is -0.116. The first-order valence-electron chi connectivity index (χ1n) is 2.20. The lowest BCUT2D eigenvalue weighted by Crippen LogP contribution is -2.13. The van der Waals surface area contributed by atoms with E-state index in [1.54, 1.807) is 0 Å². The van der Waals surface area contributed by atoms with Crippen LogP contribution in [0.5, 0.6) is 0 Å². The minimum atomic E-state index is -0.187. The maximum absolute atomic E-state index is 10.3. The van der Waals surface area contributed by atoms with Crippen LogP contribution >= 0.6 is 0 Å². The fourth-order valence-corrected chi connectivity index (χ4v) is 0.219. The van der Waals surface area contributed by atoms with Gasteiger partial charge in [0.2, 0.25) is 5.91 Å². The van der Waals surface area contributed by atoms with Crippen molar-refractivity contribution in [1.82, 2.24) is 5.32 Å². The number of rotatable bonds is 2. The zero-order valence-electron chi connectivity index (χ0n) is 4.64. The van der Waals surface area contributed by atoms with Gasteiger partial charge < -0.3 is 10.7 Å². The van der Waals surface area contributed by atoms with Crippen molar-refractivity contribution in [2.75, 3.05) is 7.05 Å². The summed E-state index contributed by atoms with van der Waals surface area (Å²) in [4.78, 5) is 10.3. The third kappa shape index (κ3) is 3.08. The number of hydrogen-bond acceptors (Lipinski definition) is 2. The van der Waals surface area contributed by atoms with Gasteiger partial charge in [-0.3, -0.25) is 4.79 Å². The summed E-state index contributed by atoms with van der Waals surface area (Å²) in [6.07, 6.45) is 3.70. The molecule has 0 spiro atoms. The molecular weight excluding hydrogens is 104 g/mol. The molecule has 44 valence electrons. The van der Waals surface area contributed by atoms with E-state index in [1.165, 1.54) is 19.2 Å². The summed E-state index contributed by atoms with van der Waals surface area (Å²) in [5.41, 5.74) is 0. The molecule has 3 heteroatoms. The summed E-state index contributed by atoms with van der Waals surface area (Å²) >= 11 is 0. The van der Waals surface area contributed by atoms with Gasteiger partial charge in [0, 0.05) is 19.3 Å². The maximum atomic E-state index is 10.3. The minimum Gasteiger partial charge on any atom is -0.356 e. The second kappa shape index (κ2) is 4.05. The molecule has 0 fully saturated rings. The Kier molecular flexibility index (Phi) is 3.48. The molecule has 0 aromatic rings. The Labute approximate surface area is 47.9 Å². The van der Waals surface area contributed by atoms with Gasteiger partial charge in [-0.2, -0.15) is 0 Å². The molecule has 0 unspecified atom stereocenters. The highest BCUT2D eigenvalue weighted by atomic mass is 16.1. The molecular formula is C5H8N2O. The van der Waals surface area contributed by atoms with Crippen LogP contribution in [0.1, 0.15) is 0 Å². The Bertz CT molecular complexity index is 118. The fourth-order valence-electron chi connectivity index (χ4n) is 0.219. The molecule has 0 aliphatic heterocycles. The fraction of sp³-hybridized carbons (Fsp3) is 0.200. The second-order valence-corrected chi connectivity index (χ2v) is 1.14. The lowest BCUT2D eigenvalue weighted by Gasteiger charge is -1.84. The van der Waals surface area contributed by atoms with Crippen LogP contribution in [0.4, 0.5) is 0 Å². The Hall–Kier alpha value is -1.12. The Morgan fingerprint density at radius 2 is 2.38 bits per heavy atom. The number of amides is 1. The Balaban J connectivity index is 3.52. The monoisotopic (exact) mass is 112 g/mol. The van der Waals surface area contributed by atoms with Gasteiger partial charge in [0.25, 0.3) is 0 Å². The van der Waals surface area contributed by atoms with Crippen LogP contribution in [0.15, 0.2) is 12.2 Å². The highest BCUT2D eigenvalue weighted by molar-refractivity contribution is 5.90. The summed E-state index contributed by atoms with van der Waals surface area (Å²) in [6, 6.07) is 0. The summed E-state index contributed by atoms with van der Waals surface area (Å²) in [5, 5.41) is 8.85. The number of carbonyl (C=O) groups is 1. The van der Waals surface area contributed by atoms with Gasteiger partial charge in [-0.15, -0.1) is 0 Å². The van der Waals surface area contributed by atoms with Crippen LogP contribution in [-0.4, -0.2) is 19.2 Å². The van der Waals surface area contributed by atoms with Crippen molar-refractivity contribution in [3.8, 4) is 0 Å². The first kappa shape index (κ1) is 6.88. The average molecular weight is 112 g/mol. The average Bonchev–Trinajstić information content (AvgIpc) is 1.83. The summed E-state index contributed by atoms with van der Waals surface area (Å²) < 4.78 is 0. The number of likely N-dealkylation sites (N-methyl/N-ethyl adjacent to an activating group) is 1. The van der Waals surface area contributed by atoms with E-state index >= 15 is 0 Å². The molecule has 8 heavy (non-hydrogen) atoms. The van der Waals surface area contributed by atoms with Crippen molar-refractivity contribution in [2.45, 2.75) is 0 Å². The van der Waals surface area contributed by atoms with Crippen molar-refractivity contribution in [1.29, 1.82) is 5.41 Å². The molecule has 0 heterocycles. The molecule has 0 radical (unpaired) electrons. The van der Waals surface area contributed by atoms with Gasteiger partial charge in [0.15, 0.2) is 0 Å². The van der Waals surface area contributed by atoms with Crippen LogP contribution in [0.25, 0.3) is 0 Å². The van der Waals surface area contributed by atoms with Crippen LogP contribution < -0.4 is 5.32 Å².